The molecule has 1 aromatic heterocycles. The molecular weight excluding hydrogens is 306 g/mol. The predicted octanol–water partition coefficient (Wildman–Crippen LogP) is 3.68. The fourth-order valence-corrected chi connectivity index (χ4v) is 1.98. The highest BCUT2D eigenvalue weighted by molar-refractivity contribution is 5.99. The molecule has 6 nitrogen and oxygen atoms in total. The van der Waals surface area contributed by atoms with Gasteiger partial charge in [-0.3, -0.25) is 4.57 Å². The number of rotatable bonds is 3. The van der Waals surface area contributed by atoms with E-state index in [2.05, 4.69) is 15.5 Å². The number of imidazole rings is 1. The minimum Gasteiger partial charge on any atom is -0.443 e. The Morgan fingerprint density at radius 3 is 2.61 bits per heavy atom. The molecule has 0 aliphatic rings. The Hall–Kier alpha value is -2.51. The van der Waals surface area contributed by atoms with Crippen molar-refractivity contribution in [1.29, 1.82) is 0 Å². The molecule has 0 saturated carbocycles. The smallest absolute Gasteiger partial charge is 0.428 e. The standard InChI is InChI=1S/C15H18F2N4O2/c1-9(19-20-14(22)23-15(2,3)4)12-18-10-7-5-6-8-11(10)21(12)13(16)17/h5-8,13H,1-4H3,(H,20,22)/b19-9+. The van der Waals surface area contributed by atoms with Gasteiger partial charge in [-0.1, -0.05) is 12.1 Å². The summed E-state index contributed by atoms with van der Waals surface area (Å²) in [5.41, 5.74) is 2.37. The van der Waals surface area contributed by atoms with Crippen LogP contribution in [-0.2, 0) is 4.74 Å². The molecule has 8 heteroatoms. The van der Waals surface area contributed by atoms with Crippen LogP contribution in [0.1, 0.15) is 40.1 Å². The Balaban J connectivity index is 2.30. The van der Waals surface area contributed by atoms with Crippen LogP contribution in [0.4, 0.5) is 13.6 Å². The van der Waals surface area contributed by atoms with E-state index in [1.807, 2.05) is 0 Å². The first-order valence-electron chi connectivity index (χ1n) is 6.98. The molecule has 2 rings (SSSR count). The number of ether oxygens (including phenoxy) is 1. The molecule has 0 bridgehead atoms. The number of hydrogen-bond donors (Lipinski definition) is 1. The minimum atomic E-state index is -2.77. The second kappa shape index (κ2) is 6.31. The van der Waals surface area contributed by atoms with Gasteiger partial charge < -0.3 is 4.74 Å². The van der Waals surface area contributed by atoms with Gasteiger partial charge in [0.15, 0.2) is 5.82 Å². The van der Waals surface area contributed by atoms with Gasteiger partial charge in [-0.25, -0.2) is 15.2 Å². The molecule has 2 aromatic rings. The van der Waals surface area contributed by atoms with Crippen LogP contribution in [0.15, 0.2) is 29.4 Å². The second-order valence-electron chi connectivity index (χ2n) is 5.88. The number of nitrogens with zero attached hydrogens (tertiary/aromatic N) is 3. The third kappa shape index (κ3) is 4.02. The van der Waals surface area contributed by atoms with Crippen molar-refractivity contribution in [2.45, 2.75) is 39.8 Å². The van der Waals surface area contributed by atoms with Crippen LogP contribution < -0.4 is 5.43 Å². The molecule has 1 amide bonds. The van der Waals surface area contributed by atoms with Crippen LogP contribution in [0.25, 0.3) is 11.0 Å². The number of hydrogen-bond acceptors (Lipinski definition) is 4. The monoisotopic (exact) mass is 324 g/mol. The van der Waals surface area contributed by atoms with Crippen molar-refractivity contribution < 1.29 is 18.3 Å². The molecule has 0 aliphatic carbocycles. The zero-order valence-corrected chi connectivity index (χ0v) is 13.3. The molecule has 0 radical (unpaired) electrons. The Kier molecular flexibility index (Phi) is 4.63. The lowest BCUT2D eigenvalue weighted by Gasteiger charge is -2.18. The summed E-state index contributed by atoms with van der Waals surface area (Å²) in [7, 11) is 0. The molecule has 124 valence electrons. The fourth-order valence-electron chi connectivity index (χ4n) is 1.98. The molecule has 1 aromatic carbocycles. The van der Waals surface area contributed by atoms with E-state index in [1.54, 1.807) is 45.0 Å². The highest BCUT2D eigenvalue weighted by Crippen LogP contribution is 2.23. The zero-order chi connectivity index (χ0) is 17.2. The number of benzene rings is 1. The van der Waals surface area contributed by atoms with E-state index >= 15 is 0 Å². The van der Waals surface area contributed by atoms with Gasteiger partial charge in [0.05, 0.1) is 11.0 Å². The highest BCUT2D eigenvalue weighted by Gasteiger charge is 2.20. The number of aromatic nitrogens is 2. The lowest BCUT2D eigenvalue weighted by molar-refractivity contribution is 0.0529. The summed E-state index contributed by atoms with van der Waals surface area (Å²) in [4.78, 5) is 15.7. The van der Waals surface area contributed by atoms with E-state index in [1.165, 1.54) is 6.92 Å². The van der Waals surface area contributed by atoms with E-state index in [0.717, 1.165) is 4.57 Å². The molecular formula is C15H18F2N4O2. The summed E-state index contributed by atoms with van der Waals surface area (Å²) >= 11 is 0. The fraction of sp³-hybridized carbons (Fsp3) is 0.400. The predicted molar refractivity (Wildman–Crippen MR) is 82.6 cm³/mol. The summed E-state index contributed by atoms with van der Waals surface area (Å²) in [6, 6.07) is 6.54. The van der Waals surface area contributed by atoms with Crippen molar-refractivity contribution >= 4 is 22.8 Å². The number of fused-ring (bicyclic) bond motifs is 1. The van der Waals surface area contributed by atoms with Gasteiger partial charge in [0.2, 0.25) is 0 Å². The molecule has 1 heterocycles. The molecule has 0 saturated heterocycles. The lowest BCUT2D eigenvalue weighted by Crippen LogP contribution is -2.30. The summed E-state index contributed by atoms with van der Waals surface area (Å²) < 4.78 is 32.5. The number of carbonyl (C=O) groups is 1. The largest absolute Gasteiger partial charge is 0.443 e. The molecule has 0 aliphatic heterocycles. The van der Waals surface area contributed by atoms with E-state index in [4.69, 9.17) is 4.74 Å². The first-order valence-corrected chi connectivity index (χ1v) is 6.98. The van der Waals surface area contributed by atoms with Gasteiger partial charge in [0.1, 0.15) is 11.3 Å². The van der Waals surface area contributed by atoms with Crippen LogP contribution in [0.2, 0.25) is 0 Å². The Labute approximate surface area is 132 Å². The Morgan fingerprint density at radius 2 is 2.00 bits per heavy atom. The number of carbonyl (C=O) groups excluding carboxylic acids is 1. The van der Waals surface area contributed by atoms with Crippen molar-refractivity contribution in [3.63, 3.8) is 0 Å². The van der Waals surface area contributed by atoms with Crippen molar-refractivity contribution in [2.75, 3.05) is 0 Å². The van der Waals surface area contributed by atoms with Crippen molar-refractivity contribution in [3.8, 4) is 0 Å². The number of amides is 1. The third-order valence-electron chi connectivity index (χ3n) is 2.83. The van der Waals surface area contributed by atoms with Crippen molar-refractivity contribution in [3.05, 3.63) is 30.1 Å². The normalized spacial score (nSPS) is 12.7. The lowest BCUT2D eigenvalue weighted by atomic mass is 10.2. The highest BCUT2D eigenvalue weighted by atomic mass is 19.3. The molecule has 0 spiro atoms. The van der Waals surface area contributed by atoms with Crippen molar-refractivity contribution in [2.24, 2.45) is 5.10 Å². The summed E-state index contributed by atoms with van der Waals surface area (Å²) in [5, 5.41) is 3.79. The summed E-state index contributed by atoms with van der Waals surface area (Å²) in [6.45, 7) is 3.83. The molecule has 23 heavy (non-hydrogen) atoms. The van der Waals surface area contributed by atoms with Gasteiger partial charge in [-0.15, -0.1) is 0 Å². The number of halogens is 2. The minimum absolute atomic E-state index is 0.0164. The first kappa shape index (κ1) is 16.9. The van der Waals surface area contributed by atoms with Crippen molar-refractivity contribution in [1.82, 2.24) is 15.0 Å². The van der Waals surface area contributed by atoms with E-state index in [0.29, 0.717) is 11.0 Å². The zero-order valence-electron chi connectivity index (χ0n) is 13.3. The summed E-state index contributed by atoms with van der Waals surface area (Å²) in [5.74, 6) is -0.0164. The average molecular weight is 324 g/mol. The number of alkyl halides is 2. The molecule has 0 unspecified atom stereocenters. The van der Waals surface area contributed by atoms with Crippen LogP contribution in [0, 0.1) is 0 Å². The summed E-state index contributed by atoms with van der Waals surface area (Å²) in [6.07, 6.45) is -0.767. The number of hydrazone groups is 1. The Morgan fingerprint density at radius 1 is 1.35 bits per heavy atom. The third-order valence-corrected chi connectivity index (χ3v) is 2.83. The van der Waals surface area contributed by atoms with Crippen LogP contribution in [-0.4, -0.2) is 27.0 Å². The maximum atomic E-state index is 13.3. The number of para-hydroxylation sites is 2. The Bertz CT molecular complexity index is 748. The maximum absolute atomic E-state index is 13.3. The first-order chi connectivity index (χ1) is 10.7. The average Bonchev–Trinajstić information content (AvgIpc) is 2.82. The molecule has 0 fully saturated rings. The van der Waals surface area contributed by atoms with Gasteiger partial charge in [-0.05, 0) is 39.8 Å². The van der Waals surface area contributed by atoms with Crippen LogP contribution in [0.5, 0.6) is 0 Å². The number of nitrogens with one attached hydrogen (secondary N) is 1. The molecule has 0 atom stereocenters. The van der Waals surface area contributed by atoms with Crippen LogP contribution >= 0.6 is 0 Å². The quantitative estimate of drug-likeness (QED) is 0.692. The van der Waals surface area contributed by atoms with Gasteiger partial charge >= 0.3 is 12.6 Å². The maximum Gasteiger partial charge on any atom is 0.428 e. The van der Waals surface area contributed by atoms with E-state index in [9.17, 15) is 13.6 Å². The van der Waals surface area contributed by atoms with Gasteiger partial charge in [-0.2, -0.15) is 13.9 Å². The van der Waals surface area contributed by atoms with E-state index in [-0.39, 0.29) is 11.5 Å². The molecule has 1 N–H and O–H groups in total. The van der Waals surface area contributed by atoms with Crippen LogP contribution in [0.3, 0.4) is 0 Å². The second-order valence-corrected chi connectivity index (χ2v) is 5.88. The topological polar surface area (TPSA) is 68.5 Å². The SMILES string of the molecule is C/C(=N\NC(=O)OC(C)(C)C)c1nc2ccccc2n1C(F)F. The van der Waals surface area contributed by atoms with E-state index < -0.39 is 18.2 Å². The van der Waals surface area contributed by atoms with Gasteiger partial charge in [0, 0.05) is 0 Å². The van der Waals surface area contributed by atoms with Gasteiger partial charge in [0.25, 0.3) is 0 Å².